The van der Waals surface area contributed by atoms with Crippen LogP contribution in [-0.4, -0.2) is 31.5 Å². The van der Waals surface area contributed by atoms with Crippen molar-refractivity contribution in [2.45, 2.75) is 11.3 Å². The lowest BCUT2D eigenvalue weighted by Gasteiger charge is -2.00. The van der Waals surface area contributed by atoms with E-state index in [2.05, 4.69) is 0 Å². The number of carboxylic acids is 1. The molecule has 0 radical (unpaired) electrons. The predicted octanol–water partition coefficient (Wildman–Crippen LogP) is 0.286. The molecule has 5 nitrogen and oxygen atoms in total. The number of hydrogen-bond donors (Lipinski definition) is 1. The fraction of sp³-hybridized carbons (Fsp3) is 0.200. The van der Waals surface area contributed by atoms with Gasteiger partial charge in [-0.3, -0.25) is 4.79 Å². The van der Waals surface area contributed by atoms with Gasteiger partial charge >= 0.3 is 5.97 Å². The van der Waals surface area contributed by atoms with Gasteiger partial charge in [-0.15, -0.1) is 0 Å². The fourth-order valence-corrected chi connectivity index (χ4v) is 1.75. The molecule has 0 aromatic heterocycles. The van der Waals surface area contributed by atoms with Crippen molar-refractivity contribution in [3.8, 4) is 0 Å². The lowest BCUT2D eigenvalue weighted by Crippen LogP contribution is -2.15. The van der Waals surface area contributed by atoms with E-state index < -0.39 is 21.6 Å². The first-order valence-corrected chi connectivity index (χ1v) is 6.25. The Morgan fingerprint density at radius 3 is 2.06 bits per heavy atom. The molecule has 0 bridgehead atoms. The van der Waals surface area contributed by atoms with E-state index in [1.807, 2.05) is 0 Å². The Morgan fingerprint density at radius 1 is 1.19 bits per heavy atom. The third-order valence-electron chi connectivity index (χ3n) is 1.95. The monoisotopic (exact) mass is 242 g/mol. The highest BCUT2D eigenvalue weighted by Gasteiger charge is 2.12. The number of Topliss-reactive ketones (excluding diaryl/α,β-unsaturated/α-hetero) is 1. The molecule has 0 aliphatic carbocycles. The van der Waals surface area contributed by atoms with Crippen LogP contribution < -0.4 is 0 Å². The van der Waals surface area contributed by atoms with Crippen molar-refractivity contribution in [2.24, 2.45) is 0 Å². The van der Waals surface area contributed by atoms with Gasteiger partial charge in [0.25, 0.3) is 0 Å². The second kappa shape index (κ2) is 4.44. The van der Waals surface area contributed by atoms with Crippen molar-refractivity contribution >= 4 is 21.6 Å². The number of rotatable bonds is 4. The van der Waals surface area contributed by atoms with Crippen LogP contribution >= 0.6 is 0 Å². The number of sulfone groups is 1. The van der Waals surface area contributed by atoms with E-state index in [1.165, 1.54) is 24.3 Å². The average molecular weight is 242 g/mol. The van der Waals surface area contributed by atoms with Gasteiger partial charge in [-0.05, 0) is 17.7 Å². The molecule has 0 saturated heterocycles. The maximum atomic E-state index is 11.1. The summed E-state index contributed by atoms with van der Waals surface area (Å²) in [5.74, 6) is -2.42. The highest BCUT2D eigenvalue weighted by atomic mass is 32.2. The van der Waals surface area contributed by atoms with Gasteiger partial charge in [0.15, 0.2) is 9.84 Å². The third-order valence-corrected chi connectivity index (χ3v) is 3.08. The summed E-state index contributed by atoms with van der Waals surface area (Å²) >= 11 is 0. The van der Waals surface area contributed by atoms with Gasteiger partial charge in [0.2, 0.25) is 5.78 Å². The minimum atomic E-state index is -3.27. The molecular weight excluding hydrogens is 232 g/mol. The smallest absolute Gasteiger partial charge is 0.372 e. The lowest BCUT2D eigenvalue weighted by atomic mass is 10.1. The molecule has 0 heterocycles. The van der Waals surface area contributed by atoms with Crippen molar-refractivity contribution in [1.82, 2.24) is 0 Å². The van der Waals surface area contributed by atoms with Crippen LogP contribution in [-0.2, 0) is 25.8 Å². The van der Waals surface area contributed by atoms with Crippen LogP contribution in [0.4, 0.5) is 0 Å². The molecule has 1 aromatic carbocycles. The molecule has 0 aliphatic heterocycles. The number of carboxylic acid groups (broad SMARTS) is 1. The van der Waals surface area contributed by atoms with Gasteiger partial charge in [-0.25, -0.2) is 13.2 Å². The number of benzene rings is 1. The van der Waals surface area contributed by atoms with E-state index in [9.17, 15) is 18.0 Å². The topological polar surface area (TPSA) is 88.5 Å². The molecular formula is C10H10O5S. The number of aliphatic carboxylic acids is 1. The number of hydrogen-bond acceptors (Lipinski definition) is 4. The van der Waals surface area contributed by atoms with E-state index >= 15 is 0 Å². The molecule has 16 heavy (non-hydrogen) atoms. The van der Waals surface area contributed by atoms with E-state index in [0.29, 0.717) is 5.56 Å². The Labute approximate surface area is 92.6 Å². The molecule has 0 amide bonds. The van der Waals surface area contributed by atoms with Gasteiger partial charge in [0.05, 0.1) is 4.90 Å². The van der Waals surface area contributed by atoms with E-state index in [-0.39, 0.29) is 11.3 Å². The second-order valence-electron chi connectivity index (χ2n) is 3.32. The molecule has 6 heteroatoms. The normalized spacial score (nSPS) is 11.1. The summed E-state index contributed by atoms with van der Waals surface area (Å²) in [6.07, 6.45) is 0.837. The largest absolute Gasteiger partial charge is 0.475 e. The van der Waals surface area contributed by atoms with Crippen LogP contribution in [0.5, 0.6) is 0 Å². The number of carbonyl (C=O) groups excluding carboxylic acids is 1. The Bertz CT molecular complexity index is 513. The van der Waals surface area contributed by atoms with Crippen molar-refractivity contribution in [3.05, 3.63) is 29.8 Å². The molecule has 0 unspecified atom stereocenters. The molecule has 0 saturated carbocycles. The zero-order chi connectivity index (χ0) is 12.3. The van der Waals surface area contributed by atoms with Crippen LogP contribution in [0.15, 0.2) is 29.2 Å². The number of ketones is 1. The minimum Gasteiger partial charge on any atom is -0.475 e. The van der Waals surface area contributed by atoms with E-state index in [0.717, 1.165) is 6.26 Å². The minimum absolute atomic E-state index is 0.138. The highest BCUT2D eigenvalue weighted by Crippen LogP contribution is 2.10. The quantitative estimate of drug-likeness (QED) is 0.766. The molecule has 0 fully saturated rings. The first-order chi connectivity index (χ1) is 7.30. The van der Waals surface area contributed by atoms with Crippen molar-refractivity contribution in [2.75, 3.05) is 6.26 Å². The first-order valence-electron chi connectivity index (χ1n) is 4.36. The SMILES string of the molecule is CS(=O)(=O)c1ccc(CC(=O)C(=O)O)cc1. The Hall–Kier alpha value is -1.69. The van der Waals surface area contributed by atoms with Crippen LogP contribution in [0, 0.1) is 0 Å². The highest BCUT2D eigenvalue weighted by molar-refractivity contribution is 7.90. The third kappa shape index (κ3) is 3.16. The molecule has 1 rings (SSSR count). The van der Waals surface area contributed by atoms with Crippen molar-refractivity contribution in [3.63, 3.8) is 0 Å². The maximum absolute atomic E-state index is 11.1. The Kier molecular flexibility index (Phi) is 3.44. The average Bonchev–Trinajstić information content (AvgIpc) is 2.17. The van der Waals surface area contributed by atoms with Crippen molar-refractivity contribution < 1.29 is 23.1 Å². The molecule has 86 valence electrons. The van der Waals surface area contributed by atoms with Gasteiger partial charge < -0.3 is 5.11 Å². The first kappa shape index (κ1) is 12.4. The molecule has 1 N–H and O–H groups in total. The Morgan fingerprint density at radius 2 is 1.69 bits per heavy atom. The molecule has 0 atom stereocenters. The fourth-order valence-electron chi connectivity index (χ4n) is 1.12. The van der Waals surface area contributed by atoms with Gasteiger partial charge in [-0.2, -0.15) is 0 Å². The van der Waals surface area contributed by atoms with E-state index in [1.54, 1.807) is 0 Å². The summed E-state index contributed by atoms with van der Waals surface area (Å²) < 4.78 is 22.2. The van der Waals surface area contributed by atoms with Crippen LogP contribution in [0.2, 0.25) is 0 Å². The lowest BCUT2D eigenvalue weighted by molar-refractivity contribution is -0.148. The van der Waals surface area contributed by atoms with Crippen LogP contribution in [0.25, 0.3) is 0 Å². The van der Waals surface area contributed by atoms with Gasteiger partial charge in [0.1, 0.15) is 0 Å². The summed E-state index contributed by atoms with van der Waals surface area (Å²) in [5.41, 5.74) is 0.472. The van der Waals surface area contributed by atoms with Crippen LogP contribution in [0.3, 0.4) is 0 Å². The second-order valence-corrected chi connectivity index (χ2v) is 5.34. The molecule has 0 spiro atoms. The van der Waals surface area contributed by atoms with Crippen molar-refractivity contribution in [1.29, 1.82) is 0 Å². The van der Waals surface area contributed by atoms with Crippen LogP contribution in [0.1, 0.15) is 5.56 Å². The standard InChI is InChI=1S/C10H10O5S/c1-16(14,15)8-4-2-7(3-5-8)6-9(11)10(12)13/h2-5H,6H2,1H3,(H,12,13). The number of carbonyl (C=O) groups is 2. The summed E-state index contributed by atoms with van der Waals surface area (Å²) in [4.78, 5) is 21.3. The molecule has 0 aliphatic rings. The maximum Gasteiger partial charge on any atom is 0.372 e. The van der Waals surface area contributed by atoms with E-state index in [4.69, 9.17) is 5.11 Å². The summed E-state index contributed by atoms with van der Waals surface area (Å²) in [6, 6.07) is 5.55. The zero-order valence-electron chi connectivity index (χ0n) is 8.50. The summed E-state index contributed by atoms with van der Waals surface area (Å²) in [5, 5.41) is 8.38. The molecule has 1 aromatic rings. The zero-order valence-corrected chi connectivity index (χ0v) is 9.32. The summed E-state index contributed by atoms with van der Waals surface area (Å²) in [7, 11) is -3.27. The van der Waals surface area contributed by atoms with Gasteiger partial charge in [-0.1, -0.05) is 12.1 Å². The Balaban J connectivity index is 2.88. The van der Waals surface area contributed by atoms with Gasteiger partial charge in [0, 0.05) is 12.7 Å². The predicted molar refractivity (Wildman–Crippen MR) is 55.9 cm³/mol. The summed E-state index contributed by atoms with van der Waals surface area (Å²) in [6.45, 7) is 0.